The summed E-state index contributed by atoms with van der Waals surface area (Å²) in [5.74, 6) is 0.403. The van der Waals surface area contributed by atoms with Crippen molar-refractivity contribution >= 4 is 0 Å². The first-order valence-corrected chi connectivity index (χ1v) is 8.24. The number of aromatic hydroxyl groups is 1. The quantitative estimate of drug-likeness (QED) is 0.756. The van der Waals surface area contributed by atoms with Crippen molar-refractivity contribution in [3.05, 3.63) is 65.2 Å². The maximum Gasteiger partial charge on any atom is 0.119 e. The Labute approximate surface area is 135 Å². The molecule has 2 aromatic rings. The first kappa shape index (κ1) is 16.6. The van der Waals surface area contributed by atoms with Crippen LogP contribution in [0.4, 0.5) is 0 Å². The Morgan fingerprint density at radius 3 is 1.91 bits per heavy atom. The maximum atomic E-state index is 10.6. The lowest BCUT2D eigenvalue weighted by Crippen LogP contribution is -2.27. The lowest BCUT2D eigenvalue weighted by atomic mass is 9.69. The van der Waals surface area contributed by atoms with Crippen LogP contribution in [0.1, 0.15) is 64.2 Å². The minimum absolute atomic E-state index is 0.0758. The average Bonchev–Trinajstić information content (AvgIpc) is 2.50. The molecule has 0 fully saturated rings. The Bertz CT molecular complexity index is 616. The molecule has 0 saturated carbocycles. The number of hydrogen-bond donors (Lipinski definition) is 1. The summed E-state index contributed by atoms with van der Waals surface area (Å²) in [5, 5.41) is 10.6. The van der Waals surface area contributed by atoms with E-state index in [9.17, 15) is 5.11 Å². The van der Waals surface area contributed by atoms with Crippen LogP contribution < -0.4 is 0 Å². The van der Waals surface area contributed by atoms with E-state index < -0.39 is 0 Å². The molecular weight excluding hydrogens is 268 g/mol. The van der Waals surface area contributed by atoms with Gasteiger partial charge in [-0.2, -0.15) is 0 Å². The molecule has 0 amide bonds. The normalized spacial score (nSPS) is 12.4. The Hall–Kier alpha value is -1.76. The molecule has 0 heterocycles. The predicted molar refractivity (Wildman–Crippen MR) is 94.6 cm³/mol. The van der Waals surface area contributed by atoms with Crippen molar-refractivity contribution < 1.29 is 5.11 Å². The highest BCUT2D eigenvalue weighted by Crippen LogP contribution is 2.44. The molecule has 0 aromatic heterocycles. The zero-order chi connectivity index (χ0) is 16.4. The van der Waals surface area contributed by atoms with Gasteiger partial charge in [-0.05, 0) is 35.4 Å². The van der Waals surface area contributed by atoms with Gasteiger partial charge in [0.05, 0.1) is 0 Å². The van der Waals surface area contributed by atoms with Gasteiger partial charge in [-0.1, -0.05) is 77.1 Å². The van der Waals surface area contributed by atoms with Gasteiger partial charge in [0.2, 0.25) is 0 Å². The standard InChI is InChI=1S/C21H28O/c1-6-21(7-2,16-11-9-8-10-12-16)18-15-17(20(3,4)5)13-14-19(18)22/h8-15,22H,6-7H2,1-5H3. The topological polar surface area (TPSA) is 20.2 Å². The molecule has 0 aliphatic heterocycles. The lowest BCUT2D eigenvalue weighted by molar-refractivity contribution is 0.417. The molecule has 0 radical (unpaired) electrons. The summed E-state index contributed by atoms with van der Waals surface area (Å²) in [5.41, 5.74) is 3.54. The Balaban J connectivity index is 2.68. The molecule has 0 spiro atoms. The van der Waals surface area contributed by atoms with E-state index in [1.807, 2.05) is 18.2 Å². The molecule has 1 nitrogen and oxygen atoms in total. The van der Waals surface area contributed by atoms with Crippen LogP contribution >= 0.6 is 0 Å². The van der Waals surface area contributed by atoms with Gasteiger partial charge in [-0.15, -0.1) is 0 Å². The molecule has 1 N–H and O–H groups in total. The third-order valence-electron chi connectivity index (χ3n) is 4.91. The van der Waals surface area contributed by atoms with Crippen LogP contribution in [-0.2, 0) is 10.8 Å². The summed E-state index contributed by atoms with van der Waals surface area (Å²) in [4.78, 5) is 0. The molecule has 1 heteroatoms. The second-order valence-electron chi connectivity index (χ2n) is 7.14. The minimum atomic E-state index is -0.132. The van der Waals surface area contributed by atoms with E-state index in [-0.39, 0.29) is 10.8 Å². The van der Waals surface area contributed by atoms with Gasteiger partial charge in [-0.25, -0.2) is 0 Å². The van der Waals surface area contributed by atoms with Crippen LogP contribution in [0.5, 0.6) is 5.75 Å². The summed E-state index contributed by atoms with van der Waals surface area (Å²) >= 11 is 0. The predicted octanol–water partition coefficient (Wildman–Crippen LogP) is 5.80. The van der Waals surface area contributed by atoms with E-state index >= 15 is 0 Å². The van der Waals surface area contributed by atoms with Crippen molar-refractivity contribution in [2.75, 3.05) is 0 Å². The van der Waals surface area contributed by atoms with Crippen molar-refractivity contribution in [1.82, 2.24) is 0 Å². The zero-order valence-electron chi connectivity index (χ0n) is 14.5. The maximum absolute atomic E-state index is 10.6. The number of phenolic OH excluding ortho intramolecular Hbond substituents is 1. The van der Waals surface area contributed by atoms with Gasteiger partial charge in [0.25, 0.3) is 0 Å². The molecular formula is C21H28O. The molecule has 0 unspecified atom stereocenters. The summed E-state index contributed by atoms with van der Waals surface area (Å²) in [6.07, 6.45) is 1.93. The van der Waals surface area contributed by atoms with Gasteiger partial charge in [0.1, 0.15) is 5.75 Å². The van der Waals surface area contributed by atoms with E-state index in [0.29, 0.717) is 5.75 Å². The van der Waals surface area contributed by atoms with Gasteiger partial charge in [0, 0.05) is 11.0 Å². The van der Waals surface area contributed by atoms with E-state index in [4.69, 9.17) is 0 Å². The van der Waals surface area contributed by atoms with Crippen LogP contribution in [0.25, 0.3) is 0 Å². The third-order valence-corrected chi connectivity index (χ3v) is 4.91. The van der Waals surface area contributed by atoms with Gasteiger partial charge in [-0.3, -0.25) is 0 Å². The van der Waals surface area contributed by atoms with Gasteiger partial charge >= 0.3 is 0 Å². The first-order valence-electron chi connectivity index (χ1n) is 8.24. The van der Waals surface area contributed by atoms with Crippen LogP contribution in [0.3, 0.4) is 0 Å². The average molecular weight is 296 g/mol. The number of benzene rings is 2. The Kier molecular flexibility index (Phi) is 4.65. The molecule has 2 rings (SSSR count). The summed E-state index contributed by atoms with van der Waals surface area (Å²) in [6.45, 7) is 11.1. The first-order chi connectivity index (χ1) is 10.3. The van der Waals surface area contributed by atoms with E-state index in [0.717, 1.165) is 18.4 Å². The Morgan fingerprint density at radius 2 is 1.41 bits per heavy atom. The van der Waals surface area contributed by atoms with Crippen LogP contribution in [0, 0.1) is 0 Å². The van der Waals surface area contributed by atoms with Crippen molar-refractivity contribution in [2.24, 2.45) is 0 Å². The molecule has 2 aromatic carbocycles. The Morgan fingerprint density at radius 1 is 0.818 bits per heavy atom. The van der Waals surface area contributed by atoms with E-state index in [2.05, 4.69) is 65.0 Å². The number of rotatable bonds is 4. The van der Waals surface area contributed by atoms with E-state index in [1.165, 1.54) is 11.1 Å². The number of phenols is 1. The van der Waals surface area contributed by atoms with Crippen molar-refractivity contribution in [2.45, 2.75) is 58.3 Å². The molecule has 0 atom stereocenters. The third kappa shape index (κ3) is 2.90. The van der Waals surface area contributed by atoms with Crippen molar-refractivity contribution in [3.8, 4) is 5.75 Å². The SMILES string of the molecule is CCC(CC)(c1ccccc1)c1cc(C(C)(C)C)ccc1O. The van der Waals surface area contributed by atoms with Crippen molar-refractivity contribution in [3.63, 3.8) is 0 Å². The lowest BCUT2D eigenvalue weighted by Gasteiger charge is -2.35. The largest absolute Gasteiger partial charge is 0.508 e. The molecule has 0 saturated heterocycles. The highest BCUT2D eigenvalue weighted by molar-refractivity contribution is 5.49. The summed E-state index contributed by atoms with van der Waals surface area (Å²) in [6, 6.07) is 16.7. The molecule has 0 aliphatic carbocycles. The highest BCUT2D eigenvalue weighted by atomic mass is 16.3. The smallest absolute Gasteiger partial charge is 0.119 e. The molecule has 118 valence electrons. The highest BCUT2D eigenvalue weighted by Gasteiger charge is 2.33. The fourth-order valence-corrected chi connectivity index (χ4v) is 3.34. The second kappa shape index (κ2) is 6.16. The summed E-state index contributed by atoms with van der Waals surface area (Å²) < 4.78 is 0. The fourth-order valence-electron chi connectivity index (χ4n) is 3.34. The summed E-state index contributed by atoms with van der Waals surface area (Å²) in [7, 11) is 0. The van der Waals surface area contributed by atoms with Gasteiger partial charge < -0.3 is 5.11 Å². The van der Waals surface area contributed by atoms with Crippen LogP contribution in [0.15, 0.2) is 48.5 Å². The molecule has 0 bridgehead atoms. The van der Waals surface area contributed by atoms with E-state index in [1.54, 1.807) is 0 Å². The van der Waals surface area contributed by atoms with Crippen LogP contribution in [0.2, 0.25) is 0 Å². The molecule has 0 aliphatic rings. The van der Waals surface area contributed by atoms with Crippen LogP contribution in [-0.4, -0.2) is 5.11 Å². The van der Waals surface area contributed by atoms with Crippen molar-refractivity contribution in [1.29, 1.82) is 0 Å². The fraction of sp³-hybridized carbons (Fsp3) is 0.429. The number of hydrogen-bond acceptors (Lipinski definition) is 1. The zero-order valence-corrected chi connectivity index (χ0v) is 14.5. The molecule has 22 heavy (non-hydrogen) atoms. The minimum Gasteiger partial charge on any atom is -0.508 e. The monoisotopic (exact) mass is 296 g/mol. The van der Waals surface area contributed by atoms with Gasteiger partial charge in [0.15, 0.2) is 0 Å². The second-order valence-corrected chi connectivity index (χ2v) is 7.14.